The van der Waals surface area contributed by atoms with E-state index in [9.17, 15) is 9.50 Å². The maximum absolute atomic E-state index is 14.9. The van der Waals surface area contributed by atoms with Crippen LogP contribution in [0.4, 0.5) is 4.39 Å². The summed E-state index contributed by atoms with van der Waals surface area (Å²) in [5.74, 6) is 0.0450. The molecule has 1 aromatic rings. The molecule has 0 radical (unpaired) electrons. The minimum atomic E-state index is -1.52. The molecule has 0 amide bonds. The zero-order chi connectivity index (χ0) is 12.3. The number of rotatable bonds is 2. The van der Waals surface area contributed by atoms with Gasteiger partial charge in [0, 0.05) is 11.6 Å². The Hall–Kier alpha value is -1.09. The number of para-hydroxylation sites is 1. The summed E-state index contributed by atoms with van der Waals surface area (Å²) in [4.78, 5) is 0. The van der Waals surface area contributed by atoms with E-state index in [2.05, 4.69) is 5.32 Å². The molecule has 1 aliphatic rings. The Balaban J connectivity index is 2.25. The summed E-state index contributed by atoms with van der Waals surface area (Å²) in [5, 5.41) is 13.0. The third kappa shape index (κ3) is 2.60. The molecule has 94 valence electrons. The highest BCUT2D eigenvalue weighted by Crippen LogP contribution is 2.37. The van der Waals surface area contributed by atoms with Crippen molar-refractivity contribution in [1.29, 1.82) is 0 Å². The summed E-state index contributed by atoms with van der Waals surface area (Å²) in [5.41, 5.74) is -1.13. The smallest absolute Gasteiger partial charge is 0.151 e. The van der Waals surface area contributed by atoms with Gasteiger partial charge in [-0.15, -0.1) is 0 Å². The molecule has 1 fully saturated rings. The lowest BCUT2D eigenvalue weighted by atomic mass is 9.87. The Morgan fingerprint density at radius 3 is 2.82 bits per heavy atom. The summed E-state index contributed by atoms with van der Waals surface area (Å²) >= 11 is 0. The normalized spacial score (nSPS) is 24.9. The lowest BCUT2D eigenvalue weighted by molar-refractivity contribution is 0.119. The van der Waals surface area contributed by atoms with Gasteiger partial charge in [-0.05, 0) is 32.4 Å². The molecule has 0 spiro atoms. The molecule has 3 heteroatoms. The summed E-state index contributed by atoms with van der Waals surface area (Å²) in [6.07, 6.45) is 4.12. The molecule has 0 saturated carbocycles. The Morgan fingerprint density at radius 1 is 1.29 bits per heavy atom. The molecule has 1 heterocycles. The second kappa shape index (κ2) is 5.05. The lowest BCUT2D eigenvalue weighted by Gasteiger charge is -2.31. The predicted octanol–water partition coefficient (Wildman–Crippen LogP) is 3.11. The van der Waals surface area contributed by atoms with Gasteiger partial charge < -0.3 is 10.4 Å². The van der Waals surface area contributed by atoms with E-state index < -0.39 is 5.67 Å². The fourth-order valence-corrected chi connectivity index (χ4v) is 2.57. The van der Waals surface area contributed by atoms with Crippen molar-refractivity contribution in [3.8, 4) is 5.75 Å². The Bertz CT molecular complexity index is 370. The number of alkyl halides is 1. The number of aromatic hydroxyl groups is 1. The first kappa shape index (κ1) is 12.4. The molecule has 2 nitrogen and oxygen atoms in total. The SMILES string of the molecule is CC(F)(c1ccccc1O)C1CCCCCN1. The second-order valence-electron chi connectivity index (χ2n) is 4.95. The van der Waals surface area contributed by atoms with Crippen molar-refractivity contribution in [2.75, 3.05) is 6.54 Å². The first-order valence-electron chi connectivity index (χ1n) is 6.33. The number of hydrogen-bond donors (Lipinski definition) is 2. The van der Waals surface area contributed by atoms with E-state index in [1.54, 1.807) is 31.2 Å². The van der Waals surface area contributed by atoms with Crippen molar-refractivity contribution in [3.63, 3.8) is 0 Å². The van der Waals surface area contributed by atoms with E-state index in [1.165, 1.54) is 0 Å². The molecule has 1 aromatic carbocycles. The van der Waals surface area contributed by atoms with E-state index >= 15 is 0 Å². The Kier molecular flexibility index (Phi) is 3.67. The maximum Gasteiger partial charge on any atom is 0.151 e. The average molecular weight is 237 g/mol. The van der Waals surface area contributed by atoms with E-state index in [4.69, 9.17) is 0 Å². The molecule has 0 aromatic heterocycles. The van der Waals surface area contributed by atoms with Crippen molar-refractivity contribution in [3.05, 3.63) is 29.8 Å². The van der Waals surface area contributed by atoms with Gasteiger partial charge in [-0.3, -0.25) is 0 Å². The van der Waals surface area contributed by atoms with Crippen LogP contribution in [0.25, 0.3) is 0 Å². The highest BCUT2D eigenvalue weighted by molar-refractivity contribution is 5.37. The molecular formula is C14H20FNO. The third-order valence-corrected chi connectivity index (χ3v) is 3.65. The van der Waals surface area contributed by atoms with Gasteiger partial charge in [0.25, 0.3) is 0 Å². The van der Waals surface area contributed by atoms with Crippen LogP contribution < -0.4 is 5.32 Å². The standard InChI is InChI=1S/C14H20FNO/c1-14(15,11-7-4-5-8-12(11)17)13-9-3-2-6-10-16-13/h4-5,7-8,13,16-17H,2-3,6,9-10H2,1H3. The average Bonchev–Trinajstić information content (AvgIpc) is 2.58. The van der Waals surface area contributed by atoms with E-state index in [-0.39, 0.29) is 11.8 Å². The number of hydrogen-bond acceptors (Lipinski definition) is 2. The topological polar surface area (TPSA) is 32.3 Å². The molecule has 0 aliphatic carbocycles. The number of halogens is 1. The van der Waals surface area contributed by atoms with Gasteiger partial charge in [0.05, 0.1) is 0 Å². The summed E-state index contributed by atoms with van der Waals surface area (Å²) in [6, 6.07) is 6.49. The van der Waals surface area contributed by atoms with Gasteiger partial charge in [-0.1, -0.05) is 31.0 Å². The zero-order valence-corrected chi connectivity index (χ0v) is 10.2. The van der Waals surface area contributed by atoms with Gasteiger partial charge in [-0.2, -0.15) is 0 Å². The van der Waals surface area contributed by atoms with Crippen LogP contribution in [0.1, 0.15) is 38.2 Å². The molecule has 0 bridgehead atoms. The summed E-state index contributed by atoms with van der Waals surface area (Å²) < 4.78 is 14.9. The second-order valence-corrected chi connectivity index (χ2v) is 4.95. The molecule has 2 rings (SSSR count). The van der Waals surface area contributed by atoms with Gasteiger partial charge in [-0.25, -0.2) is 4.39 Å². The summed E-state index contributed by atoms with van der Waals surface area (Å²) in [6.45, 7) is 2.42. The van der Waals surface area contributed by atoms with Crippen molar-refractivity contribution in [1.82, 2.24) is 5.32 Å². The van der Waals surface area contributed by atoms with Gasteiger partial charge in [0.15, 0.2) is 5.67 Å². The minimum absolute atomic E-state index is 0.0450. The summed E-state index contributed by atoms with van der Waals surface area (Å²) in [7, 11) is 0. The Morgan fingerprint density at radius 2 is 2.06 bits per heavy atom. The monoisotopic (exact) mass is 237 g/mol. The highest BCUT2D eigenvalue weighted by Gasteiger charge is 2.37. The number of benzene rings is 1. The molecule has 2 N–H and O–H groups in total. The quantitative estimate of drug-likeness (QED) is 0.828. The van der Waals surface area contributed by atoms with Crippen LogP contribution in [0, 0.1) is 0 Å². The van der Waals surface area contributed by atoms with Crippen LogP contribution in [0.3, 0.4) is 0 Å². The van der Waals surface area contributed by atoms with Crippen molar-refractivity contribution in [2.45, 2.75) is 44.3 Å². The van der Waals surface area contributed by atoms with Crippen molar-refractivity contribution < 1.29 is 9.50 Å². The van der Waals surface area contributed by atoms with Crippen molar-refractivity contribution in [2.24, 2.45) is 0 Å². The molecular weight excluding hydrogens is 217 g/mol. The molecule has 1 saturated heterocycles. The van der Waals surface area contributed by atoms with Crippen LogP contribution >= 0.6 is 0 Å². The van der Waals surface area contributed by atoms with Crippen LogP contribution in [0.2, 0.25) is 0 Å². The largest absolute Gasteiger partial charge is 0.508 e. The zero-order valence-electron chi connectivity index (χ0n) is 10.2. The predicted molar refractivity (Wildman–Crippen MR) is 66.8 cm³/mol. The fraction of sp³-hybridized carbons (Fsp3) is 0.571. The number of phenols is 1. The van der Waals surface area contributed by atoms with Gasteiger partial charge in [0.1, 0.15) is 5.75 Å². The fourth-order valence-electron chi connectivity index (χ4n) is 2.57. The molecule has 2 unspecified atom stereocenters. The van der Waals surface area contributed by atoms with Crippen LogP contribution in [0.15, 0.2) is 24.3 Å². The van der Waals surface area contributed by atoms with Crippen molar-refractivity contribution >= 4 is 0 Å². The van der Waals surface area contributed by atoms with Gasteiger partial charge >= 0.3 is 0 Å². The minimum Gasteiger partial charge on any atom is -0.508 e. The van der Waals surface area contributed by atoms with E-state index in [1.807, 2.05) is 0 Å². The number of nitrogens with one attached hydrogen (secondary N) is 1. The third-order valence-electron chi connectivity index (χ3n) is 3.65. The van der Waals surface area contributed by atoms with Crippen LogP contribution in [-0.4, -0.2) is 17.7 Å². The Labute approximate surface area is 102 Å². The van der Waals surface area contributed by atoms with Gasteiger partial charge in [0.2, 0.25) is 0 Å². The number of phenolic OH excluding ortho intramolecular Hbond substituents is 1. The molecule has 1 aliphatic heterocycles. The van der Waals surface area contributed by atoms with Crippen LogP contribution in [-0.2, 0) is 5.67 Å². The first-order chi connectivity index (χ1) is 8.12. The maximum atomic E-state index is 14.9. The van der Waals surface area contributed by atoms with E-state index in [0.717, 1.165) is 32.2 Å². The first-order valence-corrected chi connectivity index (χ1v) is 6.33. The highest BCUT2D eigenvalue weighted by atomic mass is 19.1. The molecule has 2 atom stereocenters. The molecule has 17 heavy (non-hydrogen) atoms. The van der Waals surface area contributed by atoms with E-state index in [0.29, 0.717) is 5.56 Å². The van der Waals surface area contributed by atoms with Crippen LogP contribution in [0.5, 0.6) is 5.75 Å². The lowest BCUT2D eigenvalue weighted by Crippen LogP contribution is -2.43.